The van der Waals surface area contributed by atoms with E-state index < -0.39 is 0 Å². The zero-order chi connectivity index (χ0) is 13.3. The van der Waals surface area contributed by atoms with Crippen LogP contribution >= 0.6 is 0 Å². The molecule has 1 aromatic rings. The first kappa shape index (κ1) is 13.1. The molecule has 2 N–H and O–H groups in total. The summed E-state index contributed by atoms with van der Waals surface area (Å²) in [6.07, 6.45) is 1.97. The number of carbonyl (C=O) groups excluding carboxylic acids is 1. The molecule has 2 unspecified atom stereocenters. The predicted octanol–water partition coefficient (Wildman–Crippen LogP) is 1.86. The van der Waals surface area contributed by atoms with Crippen LogP contribution in [-0.2, 0) is 0 Å². The SMILES string of the molecule is Cc1cc(C)c(C(=O)N2CC(CO)CCC2C)[nH]1. The first-order valence-electron chi connectivity index (χ1n) is 6.61. The van der Waals surface area contributed by atoms with Gasteiger partial charge in [0.25, 0.3) is 5.91 Å². The molecule has 0 aromatic carbocycles. The number of carbonyl (C=O) groups is 1. The number of hydrogen-bond donors (Lipinski definition) is 2. The summed E-state index contributed by atoms with van der Waals surface area (Å²) in [5.74, 6) is 0.285. The second kappa shape index (κ2) is 5.14. The van der Waals surface area contributed by atoms with Crippen molar-refractivity contribution in [3.63, 3.8) is 0 Å². The Kier molecular flexibility index (Phi) is 3.76. The van der Waals surface area contributed by atoms with Crippen LogP contribution in [0.2, 0.25) is 0 Å². The van der Waals surface area contributed by atoms with E-state index in [0.717, 1.165) is 24.1 Å². The van der Waals surface area contributed by atoms with Crippen molar-refractivity contribution >= 4 is 5.91 Å². The number of piperidine rings is 1. The van der Waals surface area contributed by atoms with Gasteiger partial charge in [-0.05, 0) is 51.2 Å². The Morgan fingerprint density at radius 3 is 2.78 bits per heavy atom. The highest BCUT2D eigenvalue weighted by Crippen LogP contribution is 2.24. The molecular weight excluding hydrogens is 228 g/mol. The van der Waals surface area contributed by atoms with Crippen molar-refractivity contribution in [1.82, 2.24) is 9.88 Å². The summed E-state index contributed by atoms with van der Waals surface area (Å²) in [6, 6.07) is 2.24. The van der Waals surface area contributed by atoms with Crippen molar-refractivity contribution in [2.45, 2.75) is 39.7 Å². The third kappa shape index (κ3) is 2.43. The summed E-state index contributed by atoms with van der Waals surface area (Å²) in [4.78, 5) is 17.6. The van der Waals surface area contributed by atoms with Crippen LogP contribution in [0.4, 0.5) is 0 Å². The second-order valence-electron chi connectivity index (χ2n) is 5.44. The quantitative estimate of drug-likeness (QED) is 0.842. The van der Waals surface area contributed by atoms with E-state index in [4.69, 9.17) is 0 Å². The second-order valence-corrected chi connectivity index (χ2v) is 5.44. The Labute approximate surface area is 108 Å². The fraction of sp³-hybridized carbons (Fsp3) is 0.643. The van der Waals surface area contributed by atoms with E-state index >= 15 is 0 Å². The molecule has 1 aliphatic heterocycles. The Morgan fingerprint density at radius 2 is 2.22 bits per heavy atom. The number of nitrogens with one attached hydrogen (secondary N) is 1. The number of H-pyrrole nitrogens is 1. The van der Waals surface area contributed by atoms with Crippen molar-refractivity contribution in [2.24, 2.45) is 5.92 Å². The van der Waals surface area contributed by atoms with Crippen molar-refractivity contribution in [3.05, 3.63) is 23.0 Å². The molecule has 0 saturated carbocycles. The fourth-order valence-electron chi connectivity index (χ4n) is 2.71. The van der Waals surface area contributed by atoms with Gasteiger partial charge in [0.1, 0.15) is 5.69 Å². The fourth-order valence-corrected chi connectivity index (χ4v) is 2.71. The molecule has 0 aliphatic carbocycles. The normalized spacial score (nSPS) is 24.3. The number of likely N-dealkylation sites (tertiary alicyclic amines) is 1. The highest BCUT2D eigenvalue weighted by molar-refractivity contribution is 5.94. The number of aromatic amines is 1. The van der Waals surface area contributed by atoms with Gasteiger partial charge in [0.05, 0.1) is 0 Å². The van der Waals surface area contributed by atoms with Crippen molar-refractivity contribution in [2.75, 3.05) is 13.2 Å². The number of rotatable bonds is 2. The maximum absolute atomic E-state index is 12.5. The van der Waals surface area contributed by atoms with E-state index in [9.17, 15) is 9.90 Å². The van der Waals surface area contributed by atoms with Crippen molar-refractivity contribution in [3.8, 4) is 0 Å². The number of aliphatic hydroxyl groups is 1. The molecular formula is C14H22N2O2. The number of aromatic nitrogens is 1. The summed E-state index contributed by atoms with van der Waals surface area (Å²) in [5.41, 5.74) is 2.70. The Hall–Kier alpha value is -1.29. The van der Waals surface area contributed by atoms with Gasteiger partial charge in [-0.15, -0.1) is 0 Å². The van der Waals surface area contributed by atoms with Crippen LogP contribution in [0.5, 0.6) is 0 Å². The summed E-state index contributed by atoms with van der Waals surface area (Å²) in [6.45, 7) is 6.82. The zero-order valence-electron chi connectivity index (χ0n) is 11.4. The summed E-state index contributed by atoms with van der Waals surface area (Å²) in [7, 11) is 0. The van der Waals surface area contributed by atoms with Gasteiger partial charge < -0.3 is 15.0 Å². The third-order valence-electron chi connectivity index (χ3n) is 3.86. The molecule has 1 saturated heterocycles. The average molecular weight is 250 g/mol. The lowest BCUT2D eigenvalue weighted by atomic mass is 9.93. The molecule has 1 amide bonds. The van der Waals surface area contributed by atoms with Crippen LogP contribution in [0.1, 0.15) is 41.5 Å². The largest absolute Gasteiger partial charge is 0.396 e. The van der Waals surface area contributed by atoms with Gasteiger partial charge in [0.2, 0.25) is 0 Å². The molecule has 1 aromatic heterocycles. The van der Waals surface area contributed by atoms with E-state index in [0.29, 0.717) is 12.2 Å². The van der Waals surface area contributed by atoms with E-state index in [1.165, 1.54) is 0 Å². The molecule has 4 nitrogen and oxygen atoms in total. The standard InChI is InChI=1S/C14H22N2O2/c1-9-6-10(2)15-13(9)14(18)16-7-12(8-17)5-4-11(16)3/h6,11-12,15,17H,4-5,7-8H2,1-3H3. The van der Waals surface area contributed by atoms with E-state index in [1.807, 2.05) is 24.8 Å². The van der Waals surface area contributed by atoms with Crippen molar-refractivity contribution in [1.29, 1.82) is 0 Å². The smallest absolute Gasteiger partial charge is 0.270 e. The molecule has 4 heteroatoms. The first-order chi connectivity index (χ1) is 8.52. The topological polar surface area (TPSA) is 56.3 Å². The highest BCUT2D eigenvalue weighted by atomic mass is 16.3. The summed E-state index contributed by atoms with van der Waals surface area (Å²) >= 11 is 0. The van der Waals surface area contributed by atoms with Gasteiger partial charge in [0.15, 0.2) is 0 Å². The van der Waals surface area contributed by atoms with Crippen LogP contribution in [0.25, 0.3) is 0 Å². The molecule has 18 heavy (non-hydrogen) atoms. The van der Waals surface area contributed by atoms with Gasteiger partial charge >= 0.3 is 0 Å². The Bertz CT molecular complexity index is 439. The molecule has 2 heterocycles. The van der Waals surface area contributed by atoms with Crippen LogP contribution < -0.4 is 0 Å². The van der Waals surface area contributed by atoms with E-state index in [2.05, 4.69) is 11.9 Å². The number of hydrogen-bond acceptors (Lipinski definition) is 2. The summed E-state index contributed by atoms with van der Waals surface area (Å²) in [5, 5.41) is 9.26. The molecule has 1 aliphatic rings. The monoisotopic (exact) mass is 250 g/mol. The lowest BCUT2D eigenvalue weighted by Crippen LogP contribution is -2.46. The predicted molar refractivity (Wildman–Crippen MR) is 70.6 cm³/mol. The maximum Gasteiger partial charge on any atom is 0.270 e. The van der Waals surface area contributed by atoms with Gasteiger partial charge in [-0.3, -0.25) is 4.79 Å². The van der Waals surface area contributed by atoms with Crippen LogP contribution in [0.15, 0.2) is 6.07 Å². The zero-order valence-corrected chi connectivity index (χ0v) is 11.4. The lowest BCUT2D eigenvalue weighted by molar-refractivity contribution is 0.0483. The minimum atomic E-state index is 0.0613. The number of amides is 1. The molecule has 0 radical (unpaired) electrons. The van der Waals surface area contributed by atoms with Crippen LogP contribution in [0, 0.1) is 19.8 Å². The van der Waals surface area contributed by atoms with E-state index in [-0.39, 0.29) is 24.5 Å². The molecule has 0 bridgehead atoms. The number of aryl methyl sites for hydroxylation is 2. The average Bonchev–Trinajstić information content (AvgIpc) is 2.68. The minimum Gasteiger partial charge on any atom is -0.396 e. The number of aliphatic hydroxyl groups excluding tert-OH is 1. The molecule has 100 valence electrons. The van der Waals surface area contributed by atoms with Gasteiger partial charge in [-0.25, -0.2) is 0 Å². The van der Waals surface area contributed by atoms with Gasteiger partial charge in [-0.1, -0.05) is 0 Å². The molecule has 1 fully saturated rings. The van der Waals surface area contributed by atoms with Crippen molar-refractivity contribution < 1.29 is 9.90 Å². The van der Waals surface area contributed by atoms with Crippen LogP contribution in [0.3, 0.4) is 0 Å². The highest BCUT2D eigenvalue weighted by Gasteiger charge is 2.30. The van der Waals surface area contributed by atoms with E-state index in [1.54, 1.807) is 0 Å². The van der Waals surface area contributed by atoms with Crippen LogP contribution in [-0.4, -0.2) is 40.1 Å². The summed E-state index contributed by atoms with van der Waals surface area (Å²) < 4.78 is 0. The molecule has 2 rings (SSSR count). The number of nitrogens with zero attached hydrogens (tertiary/aromatic N) is 1. The maximum atomic E-state index is 12.5. The Morgan fingerprint density at radius 1 is 1.50 bits per heavy atom. The first-order valence-corrected chi connectivity index (χ1v) is 6.61. The molecule has 0 spiro atoms. The lowest BCUT2D eigenvalue weighted by Gasteiger charge is -2.37. The van der Waals surface area contributed by atoms with Gasteiger partial charge in [0, 0.05) is 24.9 Å². The minimum absolute atomic E-state index is 0.0613. The molecule has 2 atom stereocenters. The third-order valence-corrected chi connectivity index (χ3v) is 3.86. The van der Waals surface area contributed by atoms with Gasteiger partial charge in [-0.2, -0.15) is 0 Å². The Balaban J connectivity index is 2.19.